The van der Waals surface area contributed by atoms with Crippen molar-refractivity contribution in [2.24, 2.45) is 17.6 Å². The molecular formula is C31H32ClN3O7. The number of primary amides is 1. The fourth-order valence-corrected chi connectivity index (χ4v) is 7.73. The predicted octanol–water partition coefficient (Wildman–Crippen LogP) is 1.87. The summed E-state index contributed by atoms with van der Waals surface area (Å²) in [6, 6.07) is 8.76. The van der Waals surface area contributed by atoms with Crippen LogP contribution >= 0.6 is 11.6 Å². The van der Waals surface area contributed by atoms with E-state index in [-0.39, 0.29) is 35.8 Å². The van der Waals surface area contributed by atoms with Crippen molar-refractivity contribution in [2.45, 2.75) is 49.9 Å². The van der Waals surface area contributed by atoms with Gasteiger partial charge in [0.05, 0.1) is 11.6 Å². The Kier molecular flexibility index (Phi) is 6.73. The van der Waals surface area contributed by atoms with E-state index in [0.717, 1.165) is 12.8 Å². The van der Waals surface area contributed by atoms with Crippen molar-refractivity contribution in [1.82, 2.24) is 10.2 Å². The van der Waals surface area contributed by atoms with Crippen LogP contribution in [0.15, 0.2) is 47.2 Å². The number of phenolic OH excluding ortho intramolecular Hbond substituents is 1. The van der Waals surface area contributed by atoms with Crippen LogP contribution in [-0.4, -0.2) is 74.6 Å². The van der Waals surface area contributed by atoms with Crippen molar-refractivity contribution < 1.29 is 34.8 Å². The standard InChI is InChI=1S/C31H32ClN3O7/c1-35(2)25-19-10-15-9-18-22(26(37)21(15)28(39)31(19,42)29(40)23(27(25)38)30(33)41)20(36)11-16(24(18)32)12-34-17-7-13-5-3-4-6-14(13)8-17/h3-6,11,15,17,19,25,34,36-37,40,42H,7-10,12H2,1-2H3,(H2,33,41)/t15-,19-,25-,31-/m0/s1. The Morgan fingerprint density at radius 1 is 1.12 bits per heavy atom. The van der Waals surface area contributed by atoms with Crippen LogP contribution in [0.2, 0.25) is 5.02 Å². The molecule has 2 aromatic rings. The lowest BCUT2D eigenvalue weighted by Crippen LogP contribution is -2.65. The lowest BCUT2D eigenvalue weighted by Gasteiger charge is -2.50. The minimum Gasteiger partial charge on any atom is -0.508 e. The third-order valence-corrected chi connectivity index (χ3v) is 9.83. The lowest BCUT2D eigenvalue weighted by atomic mass is 9.57. The molecule has 0 bridgehead atoms. The van der Waals surface area contributed by atoms with Gasteiger partial charge in [-0.1, -0.05) is 35.9 Å². The van der Waals surface area contributed by atoms with Gasteiger partial charge in [0, 0.05) is 29.1 Å². The second kappa shape index (κ2) is 9.95. The zero-order chi connectivity index (χ0) is 30.2. The highest BCUT2D eigenvalue weighted by Gasteiger charge is 2.64. The van der Waals surface area contributed by atoms with Crippen molar-refractivity contribution in [1.29, 1.82) is 0 Å². The normalized spacial score (nSPS) is 27.2. The van der Waals surface area contributed by atoms with E-state index in [4.69, 9.17) is 17.3 Å². The Labute approximate surface area is 247 Å². The molecule has 10 nitrogen and oxygen atoms in total. The number of hydrogen-bond acceptors (Lipinski definition) is 9. The summed E-state index contributed by atoms with van der Waals surface area (Å²) in [5.74, 6) is -6.90. The highest BCUT2D eigenvalue weighted by atomic mass is 35.5. The maximum atomic E-state index is 13.9. The van der Waals surface area contributed by atoms with Gasteiger partial charge in [-0.15, -0.1) is 0 Å². The number of halogens is 1. The van der Waals surface area contributed by atoms with E-state index in [1.807, 2.05) is 12.1 Å². The van der Waals surface area contributed by atoms with Crippen LogP contribution in [0.5, 0.6) is 5.75 Å². The number of carbonyl (C=O) groups excluding carboxylic acids is 3. The van der Waals surface area contributed by atoms with Gasteiger partial charge in [0.15, 0.2) is 11.4 Å². The van der Waals surface area contributed by atoms with E-state index >= 15 is 0 Å². The minimum atomic E-state index is -2.67. The van der Waals surface area contributed by atoms with E-state index in [0.29, 0.717) is 22.7 Å². The van der Waals surface area contributed by atoms with Gasteiger partial charge in [0.25, 0.3) is 5.91 Å². The minimum absolute atomic E-state index is 0.00562. The maximum Gasteiger partial charge on any atom is 0.255 e. The molecule has 0 radical (unpaired) electrons. The highest BCUT2D eigenvalue weighted by molar-refractivity contribution is 6.32. The Balaban J connectivity index is 1.37. The van der Waals surface area contributed by atoms with Crippen LogP contribution in [0.1, 0.15) is 34.2 Å². The zero-order valence-corrected chi connectivity index (χ0v) is 23.9. The number of likely N-dealkylation sites (N-methyl/N-ethyl adjacent to an activating group) is 1. The lowest BCUT2D eigenvalue weighted by molar-refractivity contribution is -0.153. The molecule has 1 fully saturated rings. The number of aromatic hydroxyl groups is 1. The van der Waals surface area contributed by atoms with Gasteiger partial charge in [-0.05, 0) is 74.0 Å². The number of ketones is 2. The number of fused-ring (bicyclic) bond motifs is 4. The summed E-state index contributed by atoms with van der Waals surface area (Å²) < 4.78 is 0. The van der Waals surface area contributed by atoms with Gasteiger partial charge in [-0.3, -0.25) is 19.3 Å². The summed E-state index contributed by atoms with van der Waals surface area (Å²) >= 11 is 6.87. The monoisotopic (exact) mass is 593 g/mol. The Hall–Kier alpha value is -3.70. The second-order valence-corrected chi connectivity index (χ2v) is 12.3. The summed E-state index contributed by atoms with van der Waals surface area (Å²) in [5, 5.41) is 48.9. The molecule has 0 aliphatic heterocycles. The van der Waals surface area contributed by atoms with Crippen molar-refractivity contribution in [3.8, 4) is 5.75 Å². The van der Waals surface area contributed by atoms with Gasteiger partial charge in [0.2, 0.25) is 5.78 Å². The van der Waals surface area contributed by atoms with Crippen LogP contribution in [-0.2, 0) is 40.2 Å². The van der Waals surface area contributed by atoms with Crippen LogP contribution in [0.3, 0.4) is 0 Å². The van der Waals surface area contributed by atoms with Crippen LogP contribution < -0.4 is 11.1 Å². The number of carbonyl (C=O) groups is 3. The SMILES string of the molecule is CN(C)[C@@H]1C(=O)C(C(N)=O)=C(O)[C@@]2(O)C(=O)C3=C(O)c4c(O)cc(CNC5Cc6ccccc6C5)c(Cl)c4C[C@H]3C[C@@H]12. The van der Waals surface area contributed by atoms with E-state index < -0.39 is 58.0 Å². The number of hydrogen-bond donors (Lipinski definition) is 6. The fourth-order valence-electron chi connectivity index (χ4n) is 7.43. The smallest absolute Gasteiger partial charge is 0.255 e. The molecule has 4 atom stereocenters. The fraction of sp³-hybridized carbons (Fsp3) is 0.387. The quantitative estimate of drug-likeness (QED) is 0.283. The molecule has 2 aromatic carbocycles. The molecule has 11 heteroatoms. The highest BCUT2D eigenvalue weighted by Crippen LogP contribution is 2.53. The molecule has 1 amide bonds. The molecule has 0 unspecified atom stereocenters. The number of nitrogens with two attached hydrogens (primary N) is 1. The second-order valence-electron chi connectivity index (χ2n) is 11.9. The third kappa shape index (κ3) is 4.00. The van der Waals surface area contributed by atoms with Gasteiger partial charge in [-0.2, -0.15) is 0 Å². The summed E-state index contributed by atoms with van der Waals surface area (Å²) in [4.78, 5) is 40.7. The van der Waals surface area contributed by atoms with Gasteiger partial charge >= 0.3 is 0 Å². The molecule has 220 valence electrons. The average Bonchev–Trinajstić information content (AvgIpc) is 3.34. The first kappa shape index (κ1) is 28.4. The number of Topliss-reactive ketones (excluding diaryl/α,β-unsaturated/α-hetero) is 2. The molecule has 0 saturated heterocycles. The van der Waals surface area contributed by atoms with Crippen molar-refractivity contribution in [3.63, 3.8) is 0 Å². The van der Waals surface area contributed by atoms with Gasteiger partial charge in [0.1, 0.15) is 22.8 Å². The number of amides is 1. The number of nitrogens with zero attached hydrogens (tertiary/aromatic N) is 1. The number of aliphatic hydroxyl groups is 3. The van der Waals surface area contributed by atoms with Gasteiger partial charge < -0.3 is 31.5 Å². The summed E-state index contributed by atoms with van der Waals surface area (Å²) in [6.07, 6.45) is 1.89. The third-order valence-electron chi connectivity index (χ3n) is 9.36. The Morgan fingerprint density at radius 3 is 2.36 bits per heavy atom. The van der Waals surface area contributed by atoms with Gasteiger partial charge in [-0.25, -0.2) is 0 Å². The number of nitrogens with one attached hydrogen (secondary N) is 1. The number of rotatable bonds is 5. The number of phenols is 1. The first-order valence-corrected chi connectivity index (χ1v) is 14.2. The first-order chi connectivity index (χ1) is 19.9. The van der Waals surface area contributed by atoms with Crippen molar-refractivity contribution in [3.05, 3.63) is 80.1 Å². The largest absolute Gasteiger partial charge is 0.508 e. The zero-order valence-electron chi connectivity index (χ0n) is 23.1. The predicted molar refractivity (Wildman–Crippen MR) is 154 cm³/mol. The maximum absolute atomic E-state index is 13.9. The molecule has 4 aliphatic carbocycles. The Bertz CT molecular complexity index is 1610. The molecule has 7 N–H and O–H groups in total. The Morgan fingerprint density at radius 2 is 1.76 bits per heavy atom. The van der Waals surface area contributed by atoms with E-state index in [1.54, 1.807) is 14.1 Å². The molecule has 0 heterocycles. The van der Waals surface area contributed by atoms with Crippen molar-refractivity contribution in [2.75, 3.05) is 14.1 Å². The topological polar surface area (TPSA) is 173 Å². The molecule has 6 rings (SSSR count). The van der Waals surface area contributed by atoms with E-state index in [2.05, 4.69) is 17.4 Å². The molecule has 42 heavy (non-hydrogen) atoms. The van der Waals surface area contributed by atoms with Crippen LogP contribution in [0.4, 0.5) is 0 Å². The summed E-state index contributed by atoms with van der Waals surface area (Å²) in [7, 11) is 3.12. The average molecular weight is 594 g/mol. The molecule has 0 spiro atoms. The van der Waals surface area contributed by atoms with E-state index in [1.165, 1.54) is 22.1 Å². The number of aliphatic hydroxyl groups excluding tert-OH is 2. The molecule has 1 saturated carbocycles. The van der Waals surface area contributed by atoms with Crippen LogP contribution in [0, 0.1) is 11.8 Å². The first-order valence-electron chi connectivity index (χ1n) is 13.8. The summed E-state index contributed by atoms with van der Waals surface area (Å²) in [5.41, 5.74) is 5.29. The van der Waals surface area contributed by atoms with Crippen molar-refractivity contribution >= 4 is 34.8 Å². The van der Waals surface area contributed by atoms with Crippen LogP contribution in [0.25, 0.3) is 5.76 Å². The molecule has 0 aromatic heterocycles. The summed E-state index contributed by atoms with van der Waals surface area (Å²) in [6.45, 7) is 0.368. The molecular weight excluding hydrogens is 562 g/mol. The van der Waals surface area contributed by atoms with E-state index in [9.17, 15) is 34.8 Å². The molecule has 4 aliphatic rings. The number of benzene rings is 2.